The van der Waals surface area contributed by atoms with E-state index in [-0.39, 0.29) is 11.9 Å². The summed E-state index contributed by atoms with van der Waals surface area (Å²) in [6.45, 7) is 7.52. The first-order chi connectivity index (χ1) is 12.1. The molecule has 0 N–H and O–H groups in total. The quantitative estimate of drug-likeness (QED) is 0.821. The maximum absolute atomic E-state index is 12.8. The SMILES string of the molecule is CC(C(=O)N(C)c1ccccc1)N1CCN(CC2CCCCC2)CC1. The van der Waals surface area contributed by atoms with E-state index < -0.39 is 0 Å². The van der Waals surface area contributed by atoms with Crippen molar-refractivity contribution >= 4 is 11.6 Å². The van der Waals surface area contributed by atoms with E-state index in [1.807, 2.05) is 37.4 Å². The van der Waals surface area contributed by atoms with E-state index in [2.05, 4.69) is 16.7 Å². The van der Waals surface area contributed by atoms with Gasteiger partial charge in [-0.25, -0.2) is 0 Å². The molecular formula is C21H33N3O. The van der Waals surface area contributed by atoms with Crippen LogP contribution in [-0.2, 0) is 4.79 Å². The summed E-state index contributed by atoms with van der Waals surface area (Å²) in [7, 11) is 1.88. The number of anilines is 1. The molecule has 4 heteroatoms. The van der Waals surface area contributed by atoms with Crippen LogP contribution >= 0.6 is 0 Å². The van der Waals surface area contributed by atoms with Gasteiger partial charge in [0.15, 0.2) is 0 Å². The summed E-state index contributed by atoms with van der Waals surface area (Å²) in [5.41, 5.74) is 0.968. The van der Waals surface area contributed by atoms with Crippen molar-refractivity contribution in [2.75, 3.05) is 44.7 Å². The highest BCUT2D eigenvalue weighted by atomic mass is 16.2. The van der Waals surface area contributed by atoms with Crippen LogP contribution in [0.2, 0.25) is 0 Å². The highest BCUT2D eigenvalue weighted by Crippen LogP contribution is 2.25. The molecule has 138 valence electrons. The standard InChI is InChI=1S/C21H33N3O/c1-18(21(25)22(2)20-11-7-4-8-12-20)24-15-13-23(14-16-24)17-19-9-5-3-6-10-19/h4,7-8,11-12,18-19H,3,5-6,9-10,13-17H2,1-2H3. The molecule has 2 fully saturated rings. The van der Waals surface area contributed by atoms with E-state index >= 15 is 0 Å². The first-order valence-electron chi connectivity index (χ1n) is 9.94. The van der Waals surface area contributed by atoms with E-state index in [9.17, 15) is 4.79 Å². The second kappa shape index (κ2) is 8.81. The lowest BCUT2D eigenvalue weighted by Crippen LogP contribution is -2.54. The summed E-state index contributed by atoms with van der Waals surface area (Å²) in [5.74, 6) is 1.09. The number of rotatable bonds is 5. The van der Waals surface area contributed by atoms with Crippen LogP contribution in [0.3, 0.4) is 0 Å². The molecule has 1 amide bonds. The number of nitrogens with zero attached hydrogens (tertiary/aromatic N) is 3. The van der Waals surface area contributed by atoms with Crippen LogP contribution in [0.5, 0.6) is 0 Å². The lowest BCUT2D eigenvalue weighted by Gasteiger charge is -2.40. The van der Waals surface area contributed by atoms with Gasteiger partial charge in [-0.2, -0.15) is 0 Å². The van der Waals surface area contributed by atoms with Gasteiger partial charge in [0.25, 0.3) is 0 Å². The van der Waals surface area contributed by atoms with Crippen molar-refractivity contribution in [3.05, 3.63) is 30.3 Å². The third-order valence-corrected chi connectivity index (χ3v) is 6.03. The van der Waals surface area contributed by atoms with Crippen molar-refractivity contribution in [3.8, 4) is 0 Å². The summed E-state index contributed by atoms with van der Waals surface area (Å²) in [4.78, 5) is 19.6. The Kier molecular flexibility index (Phi) is 6.49. The second-order valence-corrected chi connectivity index (χ2v) is 7.75. The first-order valence-corrected chi connectivity index (χ1v) is 9.94. The van der Waals surface area contributed by atoms with Gasteiger partial charge in [-0.3, -0.25) is 9.69 Å². The number of likely N-dealkylation sites (N-methyl/N-ethyl adjacent to an activating group) is 1. The largest absolute Gasteiger partial charge is 0.314 e. The Morgan fingerprint density at radius 3 is 2.36 bits per heavy atom. The molecule has 1 atom stereocenters. The first kappa shape index (κ1) is 18.4. The number of amides is 1. The molecule has 1 saturated heterocycles. The maximum atomic E-state index is 12.8. The van der Waals surface area contributed by atoms with Gasteiger partial charge >= 0.3 is 0 Å². The normalized spacial score (nSPS) is 21.8. The number of hydrogen-bond donors (Lipinski definition) is 0. The van der Waals surface area contributed by atoms with Crippen molar-refractivity contribution in [2.24, 2.45) is 5.92 Å². The lowest BCUT2D eigenvalue weighted by molar-refractivity contribution is -0.123. The van der Waals surface area contributed by atoms with Gasteiger partial charge < -0.3 is 9.80 Å². The van der Waals surface area contributed by atoms with E-state index in [0.717, 1.165) is 37.8 Å². The summed E-state index contributed by atoms with van der Waals surface area (Å²) in [6.07, 6.45) is 7.09. The van der Waals surface area contributed by atoms with E-state index in [4.69, 9.17) is 0 Å². The predicted molar refractivity (Wildman–Crippen MR) is 104 cm³/mol. The molecule has 1 unspecified atom stereocenters. The van der Waals surface area contributed by atoms with Crippen molar-refractivity contribution < 1.29 is 4.79 Å². The van der Waals surface area contributed by atoms with Gasteiger partial charge in [0, 0.05) is 45.5 Å². The molecule has 1 heterocycles. The highest BCUT2D eigenvalue weighted by Gasteiger charge is 2.28. The van der Waals surface area contributed by atoms with Crippen molar-refractivity contribution in [1.29, 1.82) is 0 Å². The molecule has 0 aromatic heterocycles. The van der Waals surface area contributed by atoms with Crippen molar-refractivity contribution in [2.45, 2.75) is 45.1 Å². The number of para-hydroxylation sites is 1. The molecule has 3 rings (SSSR count). The predicted octanol–water partition coefficient (Wildman–Crippen LogP) is 3.24. The Morgan fingerprint density at radius 2 is 1.72 bits per heavy atom. The molecule has 1 aliphatic heterocycles. The Balaban J connectivity index is 1.47. The molecule has 0 radical (unpaired) electrons. The second-order valence-electron chi connectivity index (χ2n) is 7.75. The van der Waals surface area contributed by atoms with Crippen molar-refractivity contribution in [3.63, 3.8) is 0 Å². The topological polar surface area (TPSA) is 26.8 Å². The monoisotopic (exact) mass is 343 g/mol. The molecule has 1 aromatic carbocycles. The Morgan fingerprint density at radius 1 is 1.08 bits per heavy atom. The van der Waals surface area contributed by atoms with E-state index in [1.54, 1.807) is 4.90 Å². The Labute approximate surface area is 152 Å². The zero-order valence-corrected chi connectivity index (χ0v) is 15.9. The van der Waals surface area contributed by atoms with Crippen LogP contribution in [0.1, 0.15) is 39.0 Å². The fraction of sp³-hybridized carbons (Fsp3) is 0.667. The smallest absolute Gasteiger partial charge is 0.243 e. The molecule has 1 aromatic rings. The molecule has 1 saturated carbocycles. The van der Waals surface area contributed by atoms with Gasteiger partial charge in [0.05, 0.1) is 6.04 Å². The van der Waals surface area contributed by atoms with Crippen LogP contribution in [-0.4, -0.2) is 61.5 Å². The summed E-state index contributed by atoms with van der Waals surface area (Å²) >= 11 is 0. The summed E-state index contributed by atoms with van der Waals surface area (Å²) in [5, 5.41) is 0. The minimum absolute atomic E-state index is 0.0537. The number of piperazine rings is 1. The zero-order chi connectivity index (χ0) is 17.6. The number of carbonyl (C=O) groups excluding carboxylic acids is 1. The van der Waals surface area contributed by atoms with Crippen LogP contribution < -0.4 is 4.90 Å². The maximum Gasteiger partial charge on any atom is 0.243 e. The molecule has 0 bridgehead atoms. The van der Waals surface area contributed by atoms with Gasteiger partial charge in [-0.05, 0) is 37.8 Å². The number of benzene rings is 1. The average Bonchev–Trinajstić information content (AvgIpc) is 2.68. The molecule has 4 nitrogen and oxygen atoms in total. The summed E-state index contributed by atoms with van der Waals surface area (Å²) in [6, 6.07) is 9.87. The Bertz CT molecular complexity index is 533. The van der Waals surface area contributed by atoms with Crippen LogP contribution in [0.15, 0.2) is 30.3 Å². The molecule has 0 spiro atoms. The molecule has 1 aliphatic carbocycles. The minimum atomic E-state index is -0.0537. The molecule has 2 aliphatic rings. The Hall–Kier alpha value is -1.39. The minimum Gasteiger partial charge on any atom is -0.314 e. The van der Waals surface area contributed by atoms with E-state index in [1.165, 1.54) is 38.6 Å². The average molecular weight is 344 g/mol. The third-order valence-electron chi connectivity index (χ3n) is 6.03. The van der Waals surface area contributed by atoms with Crippen LogP contribution in [0.25, 0.3) is 0 Å². The van der Waals surface area contributed by atoms with Crippen LogP contribution in [0, 0.1) is 5.92 Å². The van der Waals surface area contributed by atoms with Crippen molar-refractivity contribution in [1.82, 2.24) is 9.80 Å². The highest BCUT2D eigenvalue weighted by molar-refractivity contribution is 5.96. The van der Waals surface area contributed by atoms with Gasteiger partial charge in [-0.15, -0.1) is 0 Å². The molecular weight excluding hydrogens is 310 g/mol. The summed E-state index contributed by atoms with van der Waals surface area (Å²) < 4.78 is 0. The van der Waals surface area contributed by atoms with Gasteiger partial charge in [0.2, 0.25) is 5.91 Å². The van der Waals surface area contributed by atoms with Gasteiger partial charge in [-0.1, -0.05) is 37.5 Å². The number of hydrogen-bond acceptors (Lipinski definition) is 3. The third kappa shape index (κ3) is 4.83. The molecule has 25 heavy (non-hydrogen) atoms. The fourth-order valence-electron chi connectivity index (χ4n) is 4.28. The van der Waals surface area contributed by atoms with Gasteiger partial charge in [0.1, 0.15) is 0 Å². The fourth-order valence-corrected chi connectivity index (χ4v) is 4.28. The van der Waals surface area contributed by atoms with Crippen LogP contribution in [0.4, 0.5) is 5.69 Å². The number of carbonyl (C=O) groups is 1. The lowest BCUT2D eigenvalue weighted by atomic mass is 9.89. The van der Waals surface area contributed by atoms with E-state index in [0.29, 0.717) is 0 Å². The zero-order valence-electron chi connectivity index (χ0n) is 15.9.